The molecule has 0 unspecified atom stereocenters. The number of para-hydroxylation sites is 2. The molecule has 11 aromatic rings. The maximum Gasteiger partial charge on any atom is 0.0540 e. The molecule has 0 N–H and O–H groups in total. The van der Waals surface area contributed by atoms with Gasteiger partial charge in [-0.25, -0.2) is 0 Å². The van der Waals surface area contributed by atoms with Crippen molar-refractivity contribution in [3.8, 4) is 11.1 Å². The molecule has 0 atom stereocenters. The van der Waals surface area contributed by atoms with Crippen LogP contribution in [0.1, 0.15) is 0 Å². The van der Waals surface area contributed by atoms with Gasteiger partial charge in [0.05, 0.1) is 5.69 Å². The highest BCUT2D eigenvalue weighted by atomic mass is 15.1. The lowest BCUT2D eigenvalue weighted by Gasteiger charge is -2.28. The average molecular weight is 713 g/mol. The van der Waals surface area contributed by atoms with Crippen LogP contribution in [-0.2, 0) is 0 Å². The van der Waals surface area contributed by atoms with Crippen LogP contribution in [-0.4, -0.2) is 0 Å². The predicted octanol–water partition coefficient (Wildman–Crippen LogP) is 15.5. The normalized spacial score (nSPS) is 11.6. The number of nitrogens with zero attached hydrogens (tertiary/aromatic N) is 2. The maximum atomic E-state index is 2.41. The number of rotatable bonds is 7. The van der Waals surface area contributed by atoms with Crippen LogP contribution in [0.3, 0.4) is 0 Å². The van der Waals surface area contributed by atoms with Crippen LogP contribution in [0.2, 0.25) is 0 Å². The van der Waals surface area contributed by atoms with Crippen LogP contribution < -0.4 is 9.80 Å². The second kappa shape index (κ2) is 13.2. The number of hydrogen-bond donors (Lipinski definition) is 0. The molecule has 0 heterocycles. The molecular weight excluding hydrogens is 677 g/mol. The van der Waals surface area contributed by atoms with E-state index in [0.29, 0.717) is 0 Å². The molecule has 0 saturated carbocycles. The highest BCUT2D eigenvalue weighted by Crippen LogP contribution is 2.46. The topological polar surface area (TPSA) is 6.48 Å². The van der Waals surface area contributed by atoms with Crippen LogP contribution in [0, 0.1) is 0 Å². The lowest BCUT2D eigenvalue weighted by Crippen LogP contribution is -2.10. The Morgan fingerprint density at radius 1 is 0.250 bits per heavy atom. The van der Waals surface area contributed by atoms with E-state index in [0.717, 1.165) is 34.1 Å². The van der Waals surface area contributed by atoms with E-state index >= 15 is 0 Å². The molecule has 56 heavy (non-hydrogen) atoms. The quantitative estimate of drug-likeness (QED) is 0.152. The molecule has 0 aliphatic heterocycles. The second-order valence-corrected chi connectivity index (χ2v) is 14.6. The van der Waals surface area contributed by atoms with Gasteiger partial charge < -0.3 is 9.80 Å². The first-order valence-electron chi connectivity index (χ1n) is 19.3. The Balaban J connectivity index is 1.05. The van der Waals surface area contributed by atoms with Crippen molar-refractivity contribution in [1.29, 1.82) is 0 Å². The van der Waals surface area contributed by atoms with Crippen molar-refractivity contribution >= 4 is 88.0 Å². The molecule has 0 aromatic heterocycles. The number of benzene rings is 11. The predicted molar refractivity (Wildman–Crippen MR) is 240 cm³/mol. The molecule has 0 aliphatic rings. The number of anilines is 6. The fourth-order valence-corrected chi connectivity index (χ4v) is 8.68. The zero-order chi connectivity index (χ0) is 37.0. The first-order valence-corrected chi connectivity index (χ1v) is 19.3. The summed E-state index contributed by atoms with van der Waals surface area (Å²) in [5, 5.41) is 12.5. The first-order chi connectivity index (χ1) is 27.8. The van der Waals surface area contributed by atoms with Crippen LogP contribution in [0.15, 0.2) is 218 Å². The van der Waals surface area contributed by atoms with E-state index in [4.69, 9.17) is 0 Å². The van der Waals surface area contributed by atoms with E-state index in [2.05, 4.69) is 228 Å². The van der Waals surface area contributed by atoms with Gasteiger partial charge in [0.2, 0.25) is 0 Å². The Morgan fingerprint density at radius 2 is 0.679 bits per heavy atom. The van der Waals surface area contributed by atoms with E-state index < -0.39 is 0 Å². The van der Waals surface area contributed by atoms with E-state index in [1.165, 1.54) is 65.0 Å². The van der Waals surface area contributed by atoms with Gasteiger partial charge in [-0.2, -0.15) is 0 Å². The van der Waals surface area contributed by atoms with E-state index in [1.54, 1.807) is 0 Å². The molecule has 11 aromatic carbocycles. The summed E-state index contributed by atoms with van der Waals surface area (Å²) in [6, 6.07) is 79.5. The molecule has 2 nitrogen and oxygen atoms in total. The minimum Gasteiger partial charge on any atom is -0.310 e. The monoisotopic (exact) mass is 712 g/mol. The molecular formula is C54H36N2. The zero-order valence-electron chi connectivity index (χ0n) is 30.7. The summed E-state index contributed by atoms with van der Waals surface area (Å²) in [6.07, 6.45) is 0. The lowest BCUT2D eigenvalue weighted by atomic mass is 9.89. The van der Waals surface area contributed by atoms with Gasteiger partial charge in [0.15, 0.2) is 0 Å². The summed E-state index contributed by atoms with van der Waals surface area (Å²) in [7, 11) is 0. The van der Waals surface area contributed by atoms with Crippen molar-refractivity contribution in [3.05, 3.63) is 218 Å². The summed E-state index contributed by atoms with van der Waals surface area (Å²) in [5.41, 5.74) is 9.24. The van der Waals surface area contributed by atoms with Gasteiger partial charge in [-0.1, -0.05) is 152 Å². The maximum absolute atomic E-state index is 2.41. The molecule has 0 spiro atoms. The fraction of sp³-hybridized carbons (Fsp3) is 0. The molecule has 0 aliphatic carbocycles. The van der Waals surface area contributed by atoms with E-state index in [-0.39, 0.29) is 0 Å². The fourth-order valence-electron chi connectivity index (χ4n) is 8.68. The Morgan fingerprint density at radius 3 is 1.30 bits per heavy atom. The van der Waals surface area contributed by atoms with Crippen molar-refractivity contribution < 1.29 is 0 Å². The third-order valence-electron chi connectivity index (χ3n) is 11.3. The Labute approximate surface area is 326 Å². The molecule has 0 amide bonds. The SMILES string of the molecule is c1ccc(N(c2ccc(-c3ccc4ccc5ccc(N(c6ccccc6)c6ccc7ccccc7c6)c6ccc3c4c56)cc2)c2ccc3ccccc3c2)cc1. The molecule has 0 saturated heterocycles. The summed E-state index contributed by atoms with van der Waals surface area (Å²) in [6.45, 7) is 0. The molecule has 0 bridgehead atoms. The van der Waals surface area contributed by atoms with Crippen molar-refractivity contribution in [1.82, 2.24) is 0 Å². The molecule has 0 radical (unpaired) electrons. The number of fused-ring (bicyclic) bond motifs is 2. The van der Waals surface area contributed by atoms with Crippen molar-refractivity contribution in [2.75, 3.05) is 9.80 Å². The third kappa shape index (κ3) is 5.34. The Kier molecular flexibility index (Phi) is 7.53. The van der Waals surface area contributed by atoms with Gasteiger partial charge in [-0.15, -0.1) is 0 Å². The van der Waals surface area contributed by atoms with Crippen LogP contribution in [0.4, 0.5) is 34.1 Å². The van der Waals surface area contributed by atoms with Gasteiger partial charge in [0.25, 0.3) is 0 Å². The van der Waals surface area contributed by atoms with Gasteiger partial charge in [-0.3, -0.25) is 0 Å². The minimum absolute atomic E-state index is 1.12. The summed E-state index contributed by atoms with van der Waals surface area (Å²) >= 11 is 0. The second-order valence-electron chi connectivity index (χ2n) is 14.6. The summed E-state index contributed by atoms with van der Waals surface area (Å²) < 4.78 is 0. The molecule has 2 heteroatoms. The van der Waals surface area contributed by atoms with Gasteiger partial charge in [-0.05, 0) is 126 Å². The average Bonchev–Trinajstić information content (AvgIpc) is 3.27. The molecule has 262 valence electrons. The smallest absolute Gasteiger partial charge is 0.0540 e. The van der Waals surface area contributed by atoms with Crippen LogP contribution >= 0.6 is 0 Å². The first kappa shape index (κ1) is 32.0. The molecule has 11 rings (SSSR count). The van der Waals surface area contributed by atoms with Crippen LogP contribution in [0.5, 0.6) is 0 Å². The van der Waals surface area contributed by atoms with Crippen molar-refractivity contribution in [2.45, 2.75) is 0 Å². The van der Waals surface area contributed by atoms with E-state index in [1.807, 2.05) is 0 Å². The third-order valence-corrected chi connectivity index (χ3v) is 11.3. The molecule has 0 fully saturated rings. The Hall–Kier alpha value is -7.42. The van der Waals surface area contributed by atoms with Gasteiger partial charge in [0.1, 0.15) is 0 Å². The van der Waals surface area contributed by atoms with Crippen molar-refractivity contribution in [3.63, 3.8) is 0 Å². The summed E-state index contributed by atoms with van der Waals surface area (Å²) in [4.78, 5) is 4.75. The lowest BCUT2D eigenvalue weighted by molar-refractivity contribution is 1.29. The number of hydrogen-bond acceptors (Lipinski definition) is 2. The zero-order valence-corrected chi connectivity index (χ0v) is 30.7. The van der Waals surface area contributed by atoms with Crippen LogP contribution in [0.25, 0.3) is 65.0 Å². The standard InChI is InChI=1S/C54H36N2/c1-3-15-44(16-4-1)55(47-29-21-37-11-7-9-13-42(37)35-47)46-27-23-39(24-28-46)49-31-25-40-19-20-41-26-34-52(51-33-32-50(49)53(40)54(41)51)56(45-17-5-2-6-18-45)48-30-22-38-12-8-10-14-43(38)36-48/h1-36H. The van der Waals surface area contributed by atoms with Gasteiger partial charge in [0, 0.05) is 33.8 Å². The van der Waals surface area contributed by atoms with E-state index in [9.17, 15) is 0 Å². The summed E-state index contributed by atoms with van der Waals surface area (Å²) in [5.74, 6) is 0. The minimum atomic E-state index is 1.12. The van der Waals surface area contributed by atoms with Crippen molar-refractivity contribution in [2.24, 2.45) is 0 Å². The van der Waals surface area contributed by atoms with Gasteiger partial charge >= 0.3 is 0 Å². The largest absolute Gasteiger partial charge is 0.310 e. The highest BCUT2D eigenvalue weighted by Gasteiger charge is 2.20. The highest BCUT2D eigenvalue weighted by molar-refractivity contribution is 6.28. The Bertz CT molecular complexity index is 3190.